The number of carbonyl (C=O) groups is 1. The number of rotatable bonds is 4. The van der Waals surface area contributed by atoms with E-state index in [0.29, 0.717) is 32.7 Å². The van der Waals surface area contributed by atoms with Gasteiger partial charge in [-0.1, -0.05) is 63.0 Å². The molecule has 0 atom stereocenters. The summed E-state index contributed by atoms with van der Waals surface area (Å²) in [7, 11) is 0. The molecule has 0 aliphatic rings. The zero-order chi connectivity index (χ0) is 19.7. The van der Waals surface area contributed by atoms with Gasteiger partial charge in [-0.25, -0.2) is 4.98 Å². The van der Waals surface area contributed by atoms with Gasteiger partial charge in [-0.05, 0) is 25.1 Å². The Balaban J connectivity index is 1.61. The fourth-order valence-electron chi connectivity index (χ4n) is 2.72. The smallest absolute Gasteiger partial charge is 0.263 e. The molecule has 0 spiro atoms. The average Bonchev–Trinajstić information content (AvgIpc) is 3.29. The van der Waals surface area contributed by atoms with Crippen LogP contribution in [0.25, 0.3) is 22.5 Å². The molecule has 4 rings (SSSR count). The molecule has 0 bridgehead atoms. The first-order chi connectivity index (χ1) is 13.5. The topological polar surface area (TPSA) is 68.0 Å². The summed E-state index contributed by atoms with van der Waals surface area (Å²) in [5.41, 5.74) is 3.15. The van der Waals surface area contributed by atoms with E-state index in [0.717, 1.165) is 15.7 Å². The standard InChI is InChI=1S/C20H13BrClN3O2S/c1-11-17(18(25-27-11)14-4-2-3-5-15(14)22)19(26)24-20-23-16(10-28-20)12-6-8-13(21)9-7-12/h2-10H,1H3,(H,23,24,26). The number of hydrogen-bond acceptors (Lipinski definition) is 5. The quantitative estimate of drug-likeness (QED) is 0.369. The van der Waals surface area contributed by atoms with E-state index in [1.54, 1.807) is 19.1 Å². The molecule has 0 saturated carbocycles. The Morgan fingerprint density at radius 1 is 1.18 bits per heavy atom. The summed E-state index contributed by atoms with van der Waals surface area (Å²) < 4.78 is 6.25. The number of nitrogens with one attached hydrogen (secondary N) is 1. The second kappa shape index (κ2) is 7.87. The lowest BCUT2D eigenvalue weighted by molar-refractivity contribution is 0.102. The van der Waals surface area contributed by atoms with E-state index in [-0.39, 0.29) is 5.91 Å². The molecule has 0 fully saturated rings. The Morgan fingerprint density at radius 2 is 1.93 bits per heavy atom. The molecule has 0 radical (unpaired) electrons. The van der Waals surface area contributed by atoms with Crippen LogP contribution in [0.3, 0.4) is 0 Å². The van der Waals surface area contributed by atoms with Gasteiger partial charge in [0.25, 0.3) is 5.91 Å². The van der Waals surface area contributed by atoms with Crippen LogP contribution in [0, 0.1) is 6.92 Å². The molecular formula is C20H13BrClN3O2S. The zero-order valence-electron chi connectivity index (χ0n) is 14.6. The maximum Gasteiger partial charge on any atom is 0.263 e. The van der Waals surface area contributed by atoms with Crippen molar-refractivity contribution in [1.82, 2.24) is 10.1 Å². The molecule has 2 heterocycles. The van der Waals surface area contributed by atoms with Crippen molar-refractivity contribution in [3.63, 3.8) is 0 Å². The predicted octanol–water partition coefficient (Wildman–Crippen LogP) is 6.44. The molecule has 5 nitrogen and oxygen atoms in total. The Kier molecular flexibility index (Phi) is 5.30. The lowest BCUT2D eigenvalue weighted by Gasteiger charge is -2.04. The highest BCUT2D eigenvalue weighted by atomic mass is 79.9. The van der Waals surface area contributed by atoms with Crippen LogP contribution in [0.1, 0.15) is 16.1 Å². The molecule has 2 aromatic carbocycles. The maximum absolute atomic E-state index is 12.9. The van der Waals surface area contributed by atoms with E-state index < -0.39 is 0 Å². The van der Waals surface area contributed by atoms with Crippen LogP contribution >= 0.6 is 38.9 Å². The molecule has 0 unspecified atom stereocenters. The Labute approximate surface area is 178 Å². The summed E-state index contributed by atoms with van der Waals surface area (Å²) in [4.78, 5) is 17.4. The number of benzene rings is 2. The first kappa shape index (κ1) is 18.9. The van der Waals surface area contributed by atoms with E-state index in [1.807, 2.05) is 41.8 Å². The van der Waals surface area contributed by atoms with Crippen LogP contribution in [-0.2, 0) is 0 Å². The first-order valence-electron chi connectivity index (χ1n) is 8.27. The van der Waals surface area contributed by atoms with Crippen molar-refractivity contribution in [2.75, 3.05) is 5.32 Å². The highest BCUT2D eigenvalue weighted by molar-refractivity contribution is 9.10. The summed E-state index contributed by atoms with van der Waals surface area (Å²) in [6, 6.07) is 15.0. The second-order valence-corrected chi connectivity index (χ2v) is 8.12. The number of anilines is 1. The minimum atomic E-state index is -0.342. The highest BCUT2D eigenvalue weighted by Gasteiger charge is 2.23. The van der Waals surface area contributed by atoms with E-state index in [1.165, 1.54) is 11.3 Å². The van der Waals surface area contributed by atoms with Crippen LogP contribution in [-0.4, -0.2) is 16.0 Å². The number of aryl methyl sites for hydroxylation is 1. The van der Waals surface area contributed by atoms with Gasteiger partial charge in [0.1, 0.15) is 17.0 Å². The van der Waals surface area contributed by atoms with Gasteiger partial charge in [-0.2, -0.15) is 0 Å². The monoisotopic (exact) mass is 473 g/mol. The Bertz CT molecular complexity index is 1150. The molecule has 2 aromatic heterocycles. The molecule has 4 aromatic rings. The van der Waals surface area contributed by atoms with Crippen LogP contribution in [0.2, 0.25) is 5.02 Å². The maximum atomic E-state index is 12.9. The van der Waals surface area contributed by atoms with Crippen molar-refractivity contribution in [3.8, 4) is 22.5 Å². The van der Waals surface area contributed by atoms with Crippen molar-refractivity contribution < 1.29 is 9.32 Å². The van der Waals surface area contributed by atoms with Gasteiger partial charge in [0.2, 0.25) is 0 Å². The van der Waals surface area contributed by atoms with Crippen molar-refractivity contribution in [3.05, 3.63) is 74.7 Å². The number of nitrogens with zero attached hydrogens (tertiary/aromatic N) is 2. The summed E-state index contributed by atoms with van der Waals surface area (Å²) in [6.45, 7) is 1.69. The number of amides is 1. The molecular weight excluding hydrogens is 462 g/mol. The fraction of sp³-hybridized carbons (Fsp3) is 0.0500. The van der Waals surface area contributed by atoms with Gasteiger partial charge in [-0.3, -0.25) is 10.1 Å². The number of aromatic nitrogens is 2. The number of hydrogen-bond donors (Lipinski definition) is 1. The fourth-order valence-corrected chi connectivity index (χ4v) is 3.92. The van der Waals surface area contributed by atoms with E-state index in [2.05, 4.69) is 31.4 Å². The summed E-state index contributed by atoms with van der Waals surface area (Å²) in [6.07, 6.45) is 0. The van der Waals surface area contributed by atoms with E-state index >= 15 is 0 Å². The molecule has 0 aliphatic heterocycles. The Hall–Kier alpha value is -2.48. The van der Waals surface area contributed by atoms with Crippen molar-refractivity contribution >= 4 is 49.9 Å². The molecule has 28 heavy (non-hydrogen) atoms. The van der Waals surface area contributed by atoms with Crippen molar-refractivity contribution in [2.45, 2.75) is 6.92 Å². The molecule has 0 aliphatic carbocycles. The van der Waals surface area contributed by atoms with E-state index in [9.17, 15) is 4.79 Å². The van der Waals surface area contributed by atoms with Crippen LogP contribution in [0.15, 0.2) is 62.9 Å². The third-order valence-electron chi connectivity index (χ3n) is 4.08. The van der Waals surface area contributed by atoms with Crippen LogP contribution in [0.4, 0.5) is 5.13 Å². The summed E-state index contributed by atoms with van der Waals surface area (Å²) in [5, 5.41) is 9.75. The predicted molar refractivity (Wildman–Crippen MR) is 115 cm³/mol. The zero-order valence-corrected chi connectivity index (χ0v) is 17.7. The third-order valence-corrected chi connectivity index (χ3v) is 5.70. The van der Waals surface area contributed by atoms with Crippen LogP contribution < -0.4 is 5.32 Å². The van der Waals surface area contributed by atoms with E-state index in [4.69, 9.17) is 16.1 Å². The molecule has 1 N–H and O–H groups in total. The summed E-state index contributed by atoms with van der Waals surface area (Å²) >= 11 is 11.0. The van der Waals surface area contributed by atoms with Gasteiger partial charge in [0.15, 0.2) is 5.13 Å². The summed E-state index contributed by atoms with van der Waals surface area (Å²) in [5.74, 6) is 0.0717. The minimum Gasteiger partial charge on any atom is -0.360 e. The van der Waals surface area contributed by atoms with Gasteiger partial charge < -0.3 is 4.52 Å². The SMILES string of the molecule is Cc1onc(-c2ccccc2Cl)c1C(=O)Nc1nc(-c2ccc(Br)cc2)cs1. The highest BCUT2D eigenvalue weighted by Crippen LogP contribution is 2.32. The van der Waals surface area contributed by atoms with Gasteiger partial charge in [0, 0.05) is 21.0 Å². The number of thiazole rings is 1. The average molecular weight is 475 g/mol. The molecule has 8 heteroatoms. The molecule has 1 amide bonds. The first-order valence-corrected chi connectivity index (χ1v) is 10.3. The minimum absolute atomic E-state index is 0.341. The second-order valence-electron chi connectivity index (χ2n) is 5.94. The van der Waals surface area contributed by atoms with Gasteiger partial charge >= 0.3 is 0 Å². The lowest BCUT2D eigenvalue weighted by atomic mass is 10.1. The molecule has 0 saturated heterocycles. The normalized spacial score (nSPS) is 10.8. The molecule has 140 valence electrons. The lowest BCUT2D eigenvalue weighted by Crippen LogP contribution is -2.13. The van der Waals surface area contributed by atoms with Crippen molar-refractivity contribution in [2.24, 2.45) is 0 Å². The van der Waals surface area contributed by atoms with Gasteiger partial charge in [-0.15, -0.1) is 11.3 Å². The van der Waals surface area contributed by atoms with Crippen molar-refractivity contribution in [1.29, 1.82) is 0 Å². The Morgan fingerprint density at radius 3 is 2.68 bits per heavy atom. The largest absolute Gasteiger partial charge is 0.360 e. The number of halogens is 2. The third kappa shape index (κ3) is 3.73. The van der Waals surface area contributed by atoms with Crippen LogP contribution in [0.5, 0.6) is 0 Å². The van der Waals surface area contributed by atoms with Gasteiger partial charge in [0.05, 0.1) is 10.7 Å². The number of carbonyl (C=O) groups excluding carboxylic acids is 1.